The van der Waals surface area contributed by atoms with E-state index in [0.29, 0.717) is 16.8 Å². The van der Waals surface area contributed by atoms with Crippen LogP contribution in [0.3, 0.4) is 0 Å². The van der Waals surface area contributed by atoms with E-state index in [0.717, 1.165) is 20.4 Å². The summed E-state index contributed by atoms with van der Waals surface area (Å²) in [4.78, 5) is 13.4. The molecule has 2 aromatic heterocycles. The molecule has 0 radical (unpaired) electrons. The molecule has 0 bridgehead atoms. The van der Waals surface area contributed by atoms with Gasteiger partial charge in [0.1, 0.15) is 34.8 Å². The van der Waals surface area contributed by atoms with Gasteiger partial charge < -0.3 is 5.73 Å². The van der Waals surface area contributed by atoms with Crippen LogP contribution in [0.4, 0.5) is 5.82 Å². The summed E-state index contributed by atoms with van der Waals surface area (Å²) in [7, 11) is 0. The van der Waals surface area contributed by atoms with E-state index in [-0.39, 0.29) is 22.5 Å². The lowest BCUT2D eigenvalue weighted by Gasteiger charge is -2.12. The number of pyridine rings is 1. The lowest BCUT2D eigenvalue weighted by atomic mass is 9.97. The van der Waals surface area contributed by atoms with E-state index in [1.807, 2.05) is 72.8 Å². The molecule has 0 saturated heterocycles. The zero-order valence-electron chi connectivity index (χ0n) is 19.8. The first-order chi connectivity index (χ1) is 18.5. The third-order valence-corrected chi connectivity index (χ3v) is 6.40. The van der Waals surface area contributed by atoms with E-state index >= 15 is 0 Å². The second-order valence-electron chi connectivity index (χ2n) is 8.18. The van der Waals surface area contributed by atoms with Crippen LogP contribution < -0.4 is 11.3 Å². The van der Waals surface area contributed by atoms with E-state index in [4.69, 9.17) is 10.8 Å². The summed E-state index contributed by atoms with van der Waals surface area (Å²) in [6.07, 6.45) is 3.24. The van der Waals surface area contributed by atoms with E-state index in [9.17, 15) is 15.3 Å². The fraction of sp³-hybridized carbons (Fsp3) is 0. The van der Waals surface area contributed by atoms with E-state index < -0.39 is 5.56 Å². The number of hydrogen-bond donors (Lipinski definition) is 1. The minimum absolute atomic E-state index is 0.0103. The van der Waals surface area contributed by atoms with Gasteiger partial charge in [-0.25, -0.2) is 4.68 Å². The molecule has 38 heavy (non-hydrogen) atoms. The molecular weight excluding hydrogens is 542 g/mol. The van der Waals surface area contributed by atoms with Crippen molar-refractivity contribution in [3.8, 4) is 40.2 Å². The van der Waals surface area contributed by atoms with Crippen molar-refractivity contribution >= 4 is 28.0 Å². The van der Waals surface area contributed by atoms with Crippen molar-refractivity contribution < 1.29 is 0 Å². The highest BCUT2D eigenvalue weighted by molar-refractivity contribution is 9.10. The molecule has 182 valence electrons. The van der Waals surface area contributed by atoms with Gasteiger partial charge in [-0.05, 0) is 29.8 Å². The van der Waals surface area contributed by atoms with E-state index in [1.54, 1.807) is 35.1 Å². The maximum atomic E-state index is 13.4. The van der Waals surface area contributed by atoms with Crippen molar-refractivity contribution in [3.05, 3.63) is 123 Å². The molecule has 2 heterocycles. The van der Waals surface area contributed by atoms with Crippen molar-refractivity contribution in [2.24, 2.45) is 5.10 Å². The molecular formula is C29H18BrN7O. The Labute approximate surface area is 226 Å². The Hall–Kier alpha value is -5.25. The Bertz CT molecular complexity index is 1810. The number of anilines is 1. The van der Waals surface area contributed by atoms with Crippen molar-refractivity contribution in [2.75, 3.05) is 5.73 Å². The molecule has 0 amide bonds. The summed E-state index contributed by atoms with van der Waals surface area (Å²) in [5, 5.41) is 28.9. The van der Waals surface area contributed by atoms with E-state index in [2.05, 4.69) is 21.0 Å². The second-order valence-corrected chi connectivity index (χ2v) is 9.10. The summed E-state index contributed by atoms with van der Waals surface area (Å²) in [6.45, 7) is 0. The molecule has 0 aliphatic carbocycles. The van der Waals surface area contributed by atoms with Crippen LogP contribution in [0.25, 0.3) is 28.1 Å². The lowest BCUT2D eigenvalue weighted by Crippen LogP contribution is -2.25. The number of aromatic nitrogens is 3. The van der Waals surface area contributed by atoms with Crippen LogP contribution in [0, 0.1) is 22.7 Å². The molecule has 3 aromatic carbocycles. The summed E-state index contributed by atoms with van der Waals surface area (Å²) in [5.41, 5.74) is 8.97. The first-order valence-corrected chi connectivity index (χ1v) is 12.2. The molecule has 8 nitrogen and oxygen atoms in total. The monoisotopic (exact) mass is 559 g/mol. The predicted octanol–water partition coefficient (Wildman–Crippen LogP) is 5.34. The van der Waals surface area contributed by atoms with E-state index in [1.165, 1.54) is 6.21 Å². The third-order valence-electron chi connectivity index (χ3n) is 5.87. The number of rotatable bonds is 5. The first kappa shape index (κ1) is 24.4. The van der Waals surface area contributed by atoms with Gasteiger partial charge in [0.25, 0.3) is 5.56 Å². The zero-order valence-corrected chi connectivity index (χ0v) is 21.4. The van der Waals surface area contributed by atoms with Gasteiger partial charge in [0.2, 0.25) is 0 Å². The molecule has 0 aliphatic rings. The Kier molecular flexibility index (Phi) is 6.68. The van der Waals surface area contributed by atoms with Crippen LogP contribution in [-0.2, 0) is 0 Å². The Balaban J connectivity index is 1.67. The number of para-hydroxylation sites is 1. The third kappa shape index (κ3) is 4.50. The number of hydrogen-bond acceptors (Lipinski definition) is 6. The maximum absolute atomic E-state index is 13.4. The summed E-state index contributed by atoms with van der Waals surface area (Å²) < 4.78 is 3.41. The number of nitrogens with zero attached hydrogens (tertiary/aromatic N) is 6. The van der Waals surface area contributed by atoms with Gasteiger partial charge in [-0.2, -0.15) is 25.4 Å². The zero-order chi connectivity index (χ0) is 26.6. The van der Waals surface area contributed by atoms with Crippen molar-refractivity contribution in [1.82, 2.24) is 14.5 Å². The minimum atomic E-state index is -0.727. The van der Waals surface area contributed by atoms with Crippen molar-refractivity contribution in [2.45, 2.75) is 0 Å². The Morgan fingerprint density at radius 3 is 2.13 bits per heavy atom. The number of benzene rings is 3. The molecule has 9 heteroatoms. The number of nitrogen functional groups attached to an aromatic ring is 1. The predicted molar refractivity (Wildman–Crippen MR) is 150 cm³/mol. The largest absolute Gasteiger partial charge is 0.382 e. The van der Waals surface area contributed by atoms with Gasteiger partial charge in [0.05, 0.1) is 11.9 Å². The average Bonchev–Trinajstić information content (AvgIpc) is 3.38. The smallest absolute Gasteiger partial charge is 0.291 e. The minimum Gasteiger partial charge on any atom is -0.382 e. The topological polar surface area (TPSA) is 126 Å². The van der Waals surface area contributed by atoms with Gasteiger partial charge in [0.15, 0.2) is 0 Å². The SMILES string of the molecule is N#Cc1c(-c2ccc(Br)cc2)c(C#N)c(=O)n(/N=C/c2cn(-c3ccccc3)nc2-c2ccccc2)c1N. The fourth-order valence-electron chi connectivity index (χ4n) is 4.05. The van der Waals surface area contributed by atoms with Gasteiger partial charge in [-0.3, -0.25) is 4.79 Å². The first-order valence-electron chi connectivity index (χ1n) is 11.4. The number of nitrogens with two attached hydrogens (primary N) is 1. The van der Waals surface area contributed by atoms with Gasteiger partial charge in [0, 0.05) is 27.4 Å². The highest BCUT2D eigenvalue weighted by atomic mass is 79.9. The Morgan fingerprint density at radius 2 is 1.50 bits per heavy atom. The van der Waals surface area contributed by atoms with Crippen LogP contribution in [-0.4, -0.2) is 20.7 Å². The van der Waals surface area contributed by atoms with Gasteiger partial charge in [-0.1, -0.05) is 76.6 Å². The van der Waals surface area contributed by atoms with Gasteiger partial charge >= 0.3 is 0 Å². The molecule has 0 aliphatic heterocycles. The van der Waals surface area contributed by atoms with Crippen LogP contribution in [0.15, 0.2) is 105 Å². The summed E-state index contributed by atoms with van der Waals surface area (Å²) in [5.74, 6) is -0.164. The van der Waals surface area contributed by atoms with Crippen LogP contribution in [0.1, 0.15) is 16.7 Å². The molecule has 0 spiro atoms. The molecule has 0 saturated carbocycles. The summed E-state index contributed by atoms with van der Waals surface area (Å²) in [6, 6.07) is 30.0. The lowest BCUT2D eigenvalue weighted by molar-refractivity contribution is 0.841. The normalized spacial score (nSPS) is 10.8. The van der Waals surface area contributed by atoms with Crippen LogP contribution in [0.5, 0.6) is 0 Å². The second kappa shape index (κ2) is 10.4. The van der Waals surface area contributed by atoms with Crippen molar-refractivity contribution in [1.29, 1.82) is 10.5 Å². The maximum Gasteiger partial charge on any atom is 0.291 e. The van der Waals surface area contributed by atoms with Crippen LogP contribution in [0.2, 0.25) is 0 Å². The highest BCUT2D eigenvalue weighted by Gasteiger charge is 2.22. The summed E-state index contributed by atoms with van der Waals surface area (Å²) >= 11 is 3.37. The number of nitriles is 2. The molecule has 0 atom stereocenters. The Morgan fingerprint density at radius 1 is 0.868 bits per heavy atom. The van der Waals surface area contributed by atoms with Gasteiger partial charge in [-0.15, -0.1) is 0 Å². The fourth-order valence-corrected chi connectivity index (χ4v) is 4.32. The molecule has 5 rings (SSSR count). The molecule has 0 unspecified atom stereocenters. The molecule has 2 N–H and O–H groups in total. The number of halogens is 1. The van der Waals surface area contributed by atoms with Crippen LogP contribution >= 0.6 is 15.9 Å². The quantitative estimate of drug-likeness (QED) is 0.291. The molecule has 5 aromatic rings. The highest BCUT2D eigenvalue weighted by Crippen LogP contribution is 2.30. The average molecular weight is 560 g/mol. The molecule has 0 fully saturated rings. The standard InChI is InChI=1S/C29H18BrN7O/c30-22-13-11-19(12-14-22)26-24(15-31)28(33)37(29(38)25(26)16-32)34-17-21-18-36(23-9-5-2-6-10-23)35-27(21)20-7-3-1-4-8-20/h1-14,17-18H,33H2/b34-17+. The van der Waals surface area contributed by atoms with Crippen molar-refractivity contribution in [3.63, 3.8) is 0 Å².